The minimum atomic E-state index is -3.80. The van der Waals surface area contributed by atoms with Crippen LogP contribution < -0.4 is 0 Å². The summed E-state index contributed by atoms with van der Waals surface area (Å²) >= 11 is 5.97. The van der Waals surface area contributed by atoms with Gasteiger partial charge in [-0.25, -0.2) is 21.2 Å². The number of hydrogen-bond donors (Lipinski definition) is 0. The van der Waals surface area contributed by atoms with Gasteiger partial charge in [-0.05, 0) is 48.9 Å². The highest BCUT2D eigenvalue weighted by molar-refractivity contribution is 7.92. The summed E-state index contributed by atoms with van der Waals surface area (Å²) in [5, 5.41) is -0.522. The molecular formula is C16H15ClFNO4S2. The normalized spacial score (nSPS) is 16.6. The standard InChI is InChI=1S/C16H15ClFNO4S2/c1-11-2-5-14(8-16(11)17)25(22,23)19-9-15(10-19)24(20,21)13-6-3-12(18)4-7-13/h2-8,15H,9-10H2,1H3. The largest absolute Gasteiger partial charge is 0.243 e. The van der Waals surface area contributed by atoms with E-state index in [-0.39, 0.29) is 22.9 Å². The van der Waals surface area contributed by atoms with Crippen molar-refractivity contribution < 1.29 is 21.2 Å². The van der Waals surface area contributed by atoms with Crippen molar-refractivity contribution in [2.45, 2.75) is 22.0 Å². The molecule has 1 heterocycles. The molecule has 0 spiro atoms. The highest BCUT2D eigenvalue weighted by atomic mass is 35.5. The molecule has 2 aromatic rings. The summed E-state index contributed by atoms with van der Waals surface area (Å²) in [6, 6.07) is 8.89. The van der Waals surface area contributed by atoms with Gasteiger partial charge < -0.3 is 0 Å². The predicted molar refractivity (Wildman–Crippen MR) is 92.3 cm³/mol. The fourth-order valence-electron chi connectivity index (χ4n) is 2.49. The Labute approximate surface area is 151 Å². The minimum absolute atomic E-state index is 0.0191. The van der Waals surface area contributed by atoms with Gasteiger partial charge in [0.1, 0.15) is 5.82 Å². The van der Waals surface area contributed by atoms with Crippen LogP contribution in [-0.4, -0.2) is 39.5 Å². The molecule has 2 aromatic carbocycles. The van der Waals surface area contributed by atoms with E-state index in [1.165, 1.54) is 24.3 Å². The number of sulfonamides is 1. The lowest BCUT2D eigenvalue weighted by Gasteiger charge is -2.37. The first-order valence-corrected chi connectivity index (χ1v) is 10.7. The van der Waals surface area contributed by atoms with Crippen molar-refractivity contribution in [3.63, 3.8) is 0 Å². The maximum atomic E-state index is 12.9. The molecule has 1 saturated heterocycles. The monoisotopic (exact) mass is 403 g/mol. The van der Waals surface area contributed by atoms with Gasteiger partial charge in [-0.15, -0.1) is 0 Å². The summed E-state index contributed by atoms with van der Waals surface area (Å²) in [6.07, 6.45) is 0. The van der Waals surface area contributed by atoms with Gasteiger partial charge in [-0.3, -0.25) is 0 Å². The van der Waals surface area contributed by atoms with Gasteiger partial charge in [0.25, 0.3) is 0 Å². The molecule has 3 rings (SSSR count). The van der Waals surface area contributed by atoms with Crippen molar-refractivity contribution in [3.8, 4) is 0 Å². The summed E-state index contributed by atoms with van der Waals surface area (Å²) in [6.45, 7) is 1.47. The highest BCUT2D eigenvalue weighted by Crippen LogP contribution is 2.30. The van der Waals surface area contributed by atoms with Crippen LogP contribution in [-0.2, 0) is 19.9 Å². The number of nitrogens with zero attached hydrogens (tertiary/aromatic N) is 1. The van der Waals surface area contributed by atoms with E-state index < -0.39 is 30.9 Å². The zero-order valence-electron chi connectivity index (χ0n) is 13.2. The first kappa shape index (κ1) is 18.3. The van der Waals surface area contributed by atoms with Gasteiger partial charge in [0.2, 0.25) is 10.0 Å². The van der Waals surface area contributed by atoms with Gasteiger partial charge in [-0.1, -0.05) is 17.7 Å². The van der Waals surface area contributed by atoms with E-state index in [0.717, 1.165) is 22.0 Å². The Bertz CT molecular complexity index is 1010. The Hall–Kier alpha value is -1.48. The van der Waals surface area contributed by atoms with Crippen LogP contribution in [0.2, 0.25) is 5.02 Å². The third-order valence-electron chi connectivity index (χ3n) is 4.18. The number of benzene rings is 2. The zero-order valence-corrected chi connectivity index (χ0v) is 15.6. The van der Waals surface area contributed by atoms with Crippen molar-refractivity contribution in [1.82, 2.24) is 4.31 Å². The quantitative estimate of drug-likeness (QED) is 0.736. The lowest BCUT2D eigenvalue weighted by Crippen LogP contribution is -2.56. The average Bonchev–Trinajstić information content (AvgIpc) is 2.48. The molecule has 0 N–H and O–H groups in total. The van der Waals surface area contributed by atoms with Crippen LogP contribution in [0.3, 0.4) is 0 Å². The van der Waals surface area contributed by atoms with Crippen LogP contribution in [0, 0.1) is 12.7 Å². The number of sulfone groups is 1. The van der Waals surface area contributed by atoms with Crippen molar-refractivity contribution in [2.75, 3.05) is 13.1 Å². The summed E-state index contributed by atoms with van der Waals surface area (Å²) in [4.78, 5) is 0.00931. The lowest BCUT2D eigenvalue weighted by atomic mass is 10.2. The second-order valence-corrected chi connectivity index (χ2v) is 10.4. The SMILES string of the molecule is Cc1ccc(S(=O)(=O)N2CC(S(=O)(=O)c3ccc(F)cc3)C2)cc1Cl. The third kappa shape index (κ3) is 3.31. The van der Waals surface area contributed by atoms with E-state index in [9.17, 15) is 21.2 Å². The van der Waals surface area contributed by atoms with E-state index in [1.807, 2.05) is 0 Å². The smallest absolute Gasteiger partial charge is 0.223 e. The molecule has 0 saturated carbocycles. The van der Waals surface area contributed by atoms with E-state index in [1.54, 1.807) is 13.0 Å². The van der Waals surface area contributed by atoms with Crippen LogP contribution >= 0.6 is 11.6 Å². The van der Waals surface area contributed by atoms with Crippen LogP contribution in [0.1, 0.15) is 5.56 Å². The van der Waals surface area contributed by atoms with Gasteiger partial charge in [0.05, 0.1) is 15.0 Å². The molecule has 0 amide bonds. The van der Waals surface area contributed by atoms with Gasteiger partial charge in [0, 0.05) is 18.1 Å². The number of rotatable bonds is 4. The Morgan fingerprint density at radius 3 is 2.12 bits per heavy atom. The first-order valence-electron chi connectivity index (χ1n) is 7.38. The average molecular weight is 404 g/mol. The Kier molecular flexibility index (Phi) is 4.65. The van der Waals surface area contributed by atoms with E-state index in [0.29, 0.717) is 5.02 Å². The molecule has 1 aliphatic rings. The van der Waals surface area contributed by atoms with Crippen LogP contribution in [0.15, 0.2) is 52.3 Å². The molecule has 9 heteroatoms. The molecule has 0 radical (unpaired) electrons. The van der Waals surface area contributed by atoms with Crippen LogP contribution in [0.25, 0.3) is 0 Å². The van der Waals surface area contributed by atoms with Crippen molar-refractivity contribution >= 4 is 31.5 Å². The molecule has 1 aliphatic heterocycles. The fourth-order valence-corrected chi connectivity index (χ4v) is 6.14. The maximum Gasteiger partial charge on any atom is 0.243 e. The maximum absolute atomic E-state index is 12.9. The molecule has 0 aliphatic carbocycles. The Balaban J connectivity index is 1.79. The molecule has 0 atom stereocenters. The Morgan fingerprint density at radius 2 is 1.56 bits per heavy atom. The third-order valence-corrected chi connectivity index (χ3v) is 8.52. The number of hydrogen-bond acceptors (Lipinski definition) is 4. The van der Waals surface area contributed by atoms with E-state index in [2.05, 4.69) is 0 Å². The van der Waals surface area contributed by atoms with Crippen molar-refractivity contribution in [2.24, 2.45) is 0 Å². The lowest BCUT2D eigenvalue weighted by molar-refractivity contribution is 0.309. The summed E-state index contributed by atoms with van der Waals surface area (Å²) in [7, 11) is -7.51. The predicted octanol–water partition coefficient (Wildman–Crippen LogP) is 2.63. The highest BCUT2D eigenvalue weighted by Gasteiger charge is 2.44. The molecule has 134 valence electrons. The molecule has 0 bridgehead atoms. The topological polar surface area (TPSA) is 71.5 Å². The minimum Gasteiger partial charge on any atom is -0.223 e. The molecule has 0 unspecified atom stereocenters. The van der Waals surface area contributed by atoms with Crippen molar-refractivity contribution in [3.05, 3.63) is 58.9 Å². The molecular weight excluding hydrogens is 389 g/mol. The molecule has 0 aromatic heterocycles. The van der Waals surface area contributed by atoms with Gasteiger partial charge in [0.15, 0.2) is 9.84 Å². The first-order chi connectivity index (χ1) is 11.6. The molecule has 25 heavy (non-hydrogen) atoms. The van der Waals surface area contributed by atoms with Crippen molar-refractivity contribution in [1.29, 1.82) is 0 Å². The van der Waals surface area contributed by atoms with Gasteiger partial charge in [-0.2, -0.15) is 4.31 Å². The number of aryl methyl sites for hydroxylation is 1. The summed E-state index contributed by atoms with van der Waals surface area (Å²) < 4.78 is 64.1. The fraction of sp³-hybridized carbons (Fsp3) is 0.250. The summed E-state index contributed by atoms with van der Waals surface area (Å²) in [5.41, 5.74) is 0.751. The van der Waals surface area contributed by atoms with E-state index >= 15 is 0 Å². The van der Waals surface area contributed by atoms with Crippen LogP contribution in [0.4, 0.5) is 4.39 Å². The van der Waals surface area contributed by atoms with E-state index in [4.69, 9.17) is 11.6 Å². The summed E-state index contributed by atoms with van der Waals surface area (Å²) in [5.74, 6) is -0.534. The second kappa shape index (κ2) is 6.35. The number of halogens is 2. The second-order valence-electron chi connectivity index (χ2n) is 5.85. The zero-order chi connectivity index (χ0) is 18.4. The Morgan fingerprint density at radius 1 is 1.00 bits per heavy atom. The van der Waals surface area contributed by atoms with Crippen LogP contribution in [0.5, 0.6) is 0 Å². The molecule has 5 nitrogen and oxygen atoms in total. The van der Waals surface area contributed by atoms with Gasteiger partial charge >= 0.3 is 0 Å². The molecule has 1 fully saturated rings.